The van der Waals surface area contributed by atoms with Crippen molar-refractivity contribution in [3.05, 3.63) is 29.6 Å². The number of hydrogen-bond acceptors (Lipinski definition) is 3. The Morgan fingerprint density at radius 3 is 2.79 bits per heavy atom. The van der Waals surface area contributed by atoms with Gasteiger partial charge in [0.15, 0.2) is 0 Å². The fraction of sp³-hybridized carbons (Fsp3) is 0.538. The molecule has 1 atom stereocenters. The van der Waals surface area contributed by atoms with E-state index in [0.29, 0.717) is 6.54 Å². The number of carbonyl (C=O) groups excluding carboxylic acids is 1. The van der Waals surface area contributed by atoms with Crippen LogP contribution >= 0.6 is 24.8 Å². The highest BCUT2D eigenvalue weighted by atomic mass is 35.5. The minimum Gasteiger partial charge on any atom is -0.351 e. The van der Waals surface area contributed by atoms with Crippen LogP contribution < -0.4 is 10.6 Å². The highest BCUT2D eigenvalue weighted by molar-refractivity contribution is 5.85. The number of nitrogens with one attached hydrogen (secondary N) is 2. The molecule has 0 radical (unpaired) electrons. The molecule has 1 aliphatic rings. The second kappa shape index (κ2) is 9.13. The molecule has 4 nitrogen and oxygen atoms in total. The van der Waals surface area contributed by atoms with Crippen LogP contribution in [0.3, 0.4) is 0 Å². The molecule has 1 saturated heterocycles. The number of rotatable bonds is 3. The molecule has 2 heterocycles. The second-order valence-corrected chi connectivity index (χ2v) is 4.53. The Hall–Kier alpha value is -0.840. The predicted octanol–water partition coefficient (Wildman–Crippen LogP) is 1.99. The molecule has 1 fully saturated rings. The molecule has 1 aromatic heterocycles. The number of nitrogens with zero attached hydrogens (tertiary/aromatic N) is 1. The molecule has 0 aliphatic carbocycles. The van der Waals surface area contributed by atoms with Gasteiger partial charge in [0, 0.05) is 18.4 Å². The number of hydrogen-bond donors (Lipinski definition) is 2. The summed E-state index contributed by atoms with van der Waals surface area (Å²) in [5.41, 5.74) is 2.04. The van der Waals surface area contributed by atoms with Crippen LogP contribution in [0.1, 0.15) is 30.5 Å². The van der Waals surface area contributed by atoms with Crippen molar-refractivity contribution in [2.75, 3.05) is 6.54 Å². The van der Waals surface area contributed by atoms with Gasteiger partial charge in [-0.1, -0.05) is 12.5 Å². The number of halogens is 2. The Labute approximate surface area is 126 Å². The topological polar surface area (TPSA) is 54.0 Å². The number of amides is 1. The molecule has 1 aromatic rings. The molecule has 0 aromatic carbocycles. The summed E-state index contributed by atoms with van der Waals surface area (Å²) in [6.45, 7) is 3.46. The summed E-state index contributed by atoms with van der Waals surface area (Å²) >= 11 is 0. The Bertz CT molecular complexity index is 378. The first-order valence-corrected chi connectivity index (χ1v) is 6.18. The van der Waals surface area contributed by atoms with Crippen LogP contribution in [-0.4, -0.2) is 23.5 Å². The Kier molecular flexibility index (Phi) is 8.72. The maximum atomic E-state index is 11.8. The zero-order valence-corrected chi connectivity index (χ0v) is 12.6. The Morgan fingerprint density at radius 2 is 2.21 bits per heavy atom. The van der Waals surface area contributed by atoms with Gasteiger partial charge in [-0.05, 0) is 37.9 Å². The lowest BCUT2D eigenvalue weighted by molar-refractivity contribution is -0.123. The van der Waals surface area contributed by atoms with Gasteiger partial charge in [-0.3, -0.25) is 9.78 Å². The summed E-state index contributed by atoms with van der Waals surface area (Å²) in [4.78, 5) is 16.0. The van der Waals surface area contributed by atoms with E-state index in [2.05, 4.69) is 15.6 Å². The van der Waals surface area contributed by atoms with E-state index < -0.39 is 0 Å². The summed E-state index contributed by atoms with van der Waals surface area (Å²) < 4.78 is 0. The van der Waals surface area contributed by atoms with Gasteiger partial charge in [-0.25, -0.2) is 0 Å². The molecule has 1 aliphatic heterocycles. The van der Waals surface area contributed by atoms with Crippen molar-refractivity contribution in [2.24, 2.45) is 0 Å². The van der Waals surface area contributed by atoms with E-state index in [1.165, 1.54) is 6.42 Å². The highest BCUT2D eigenvalue weighted by Gasteiger charge is 2.19. The molecular weight excluding hydrogens is 285 g/mol. The highest BCUT2D eigenvalue weighted by Crippen LogP contribution is 2.07. The lowest BCUT2D eigenvalue weighted by Crippen LogP contribution is -2.46. The Morgan fingerprint density at radius 1 is 1.42 bits per heavy atom. The summed E-state index contributed by atoms with van der Waals surface area (Å²) in [7, 11) is 0. The molecule has 0 unspecified atom stereocenters. The normalized spacial score (nSPS) is 17.8. The molecular formula is C13H21Cl2N3O. The van der Waals surface area contributed by atoms with Gasteiger partial charge >= 0.3 is 0 Å². The van der Waals surface area contributed by atoms with Gasteiger partial charge in [0.25, 0.3) is 0 Å². The van der Waals surface area contributed by atoms with E-state index in [1.54, 1.807) is 0 Å². The lowest BCUT2D eigenvalue weighted by Gasteiger charge is -2.22. The summed E-state index contributed by atoms with van der Waals surface area (Å²) in [6.07, 6.45) is 5.06. The first-order valence-electron chi connectivity index (χ1n) is 6.18. The van der Waals surface area contributed by atoms with Crippen LogP contribution in [0.4, 0.5) is 0 Å². The smallest absolute Gasteiger partial charge is 0.237 e. The van der Waals surface area contributed by atoms with E-state index in [0.717, 1.165) is 30.6 Å². The maximum absolute atomic E-state index is 11.8. The van der Waals surface area contributed by atoms with Crippen LogP contribution in [0.15, 0.2) is 18.3 Å². The third-order valence-corrected chi connectivity index (χ3v) is 3.07. The average molecular weight is 306 g/mol. The maximum Gasteiger partial charge on any atom is 0.237 e. The van der Waals surface area contributed by atoms with Crippen molar-refractivity contribution in [3.8, 4) is 0 Å². The third-order valence-electron chi connectivity index (χ3n) is 3.07. The van der Waals surface area contributed by atoms with E-state index in [1.807, 2.05) is 25.3 Å². The van der Waals surface area contributed by atoms with Crippen LogP contribution in [0, 0.1) is 6.92 Å². The predicted molar refractivity (Wildman–Crippen MR) is 81.0 cm³/mol. The minimum atomic E-state index is -0.0119. The van der Waals surface area contributed by atoms with Crippen molar-refractivity contribution in [1.82, 2.24) is 15.6 Å². The molecule has 2 rings (SSSR count). The third kappa shape index (κ3) is 5.76. The van der Waals surface area contributed by atoms with E-state index >= 15 is 0 Å². The van der Waals surface area contributed by atoms with Crippen LogP contribution in [0.25, 0.3) is 0 Å². The van der Waals surface area contributed by atoms with Crippen LogP contribution in [0.5, 0.6) is 0 Å². The largest absolute Gasteiger partial charge is 0.351 e. The molecule has 19 heavy (non-hydrogen) atoms. The van der Waals surface area contributed by atoms with Gasteiger partial charge in [0.1, 0.15) is 0 Å². The lowest BCUT2D eigenvalue weighted by atomic mass is 10.0. The fourth-order valence-electron chi connectivity index (χ4n) is 1.99. The fourth-order valence-corrected chi connectivity index (χ4v) is 1.99. The summed E-state index contributed by atoms with van der Waals surface area (Å²) in [5, 5.41) is 6.18. The zero-order valence-electron chi connectivity index (χ0n) is 11.0. The number of piperidine rings is 1. The van der Waals surface area contributed by atoms with Crippen molar-refractivity contribution >= 4 is 30.7 Å². The first kappa shape index (κ1) is 18.2. The molecule has 108 valence electrons. The number of carbonyl (C=O) groups is 1. The summed E-state index contributed by atoms with van der Waals surface area (Å²) in [6, 6.07) is 3.94. The van der Waals surface area contributed by atoms with Crippen LogP contribution in [-0.2, 0) is 11.3 Å². The van der Waals surface area contributed by atoms with Crippen LogP contribution in [0.2, 0.25) is 0 Å². The summed E-state index contributed by atoms with van der Waals surface area (Å²) in [5.74, 6) is 0.102. The van der Waals surface area contributed by atoms with E-state index in [-0.39, 0.29) is 36.8 Å². The molecule has 1 amide bonds. The zero-order chi connectivity index (χ0) is 12.1. The van der Waals surface area contributed by atoms with E-state index in [9.17, 15) is 4.79 Å². The SMILES string of the molecule is Cc1ccc(CNC(=O)[C@H]2CCCCN2)cn1.Cl.Cl. The number of aromatic nitrogens is 1. The van der Waals surface area contributed by atoms with Crippen molar-refractivity contribution in [1.29, 1.82) is 0 Å². The number of pyridine rings is 1. The van der Waals surface area contributed by atoms with Crippen molar-refractivity contribution < 1.29 is 4.79 Å². The molecule has 0 saturated carbocycles. The molecule has 2 N–H and O–H groups in total. The molecule has 0 bridgehead atoms. The minimum absolute atomic E-state index is 0. The van der Waals surface area contributed by atoms with Gasteiger partial charge in [0.2, 0.25) is 5.91 Å². The molecule has 6 heteroatoms. The van der Waals surface area contributed by atoms with Gasteiger partial charge in [-0.2, -0.15) is 0 Å². The van der Waals surface area contributed by atoms with Crippen molar-refractivity contribution in [3.63, 3.8) is 0 Å². The number of aryl methyl sites for hydroxylation is 1. The molecule has 0 spiro atoms. The average Bonchev–Trinajstić information content (AvgIpc) is 2.39. The van der Waals surface area contributed by atoms with Crippen molar-refractivity contribution in [2.45, 2.75) is 38.8 Å². The van der Waals surface area contributed by atoms with Gasteiger partial charge < -0.3 is 10.6 Å². The second-order valence-electron chi connectivity index (χ2n) is 4.53. The first-order chi connectivity index (χ1) is 8.25. The monoisotopic (exact) mass is 305 g/mol. The van der Waals surface area contributed by atoms with Gasteiger partial charge in [-0.15, -0.1) is 24.8 Å². The standard InChI is InChI=1S/C13H19N3O.2ClH/c1-10-5-6-11(8-15-10)9-16-13(17)12-4-2-3-7-14-12;;/h5-6,8,12,14H,2-4,7,9H2,1H3,(H,16,17);2*1H/t12-;;/m1../s1. The quantitative estimate of drug-likeness (QED) is 0.898. The van der Waals surface area contributed by atoms with E-state index in [4.69, 9.17) is 0 Å². The Balaban J connectivity index is 0.00000162. The van der Waals surface area contributed by atoms with Gasteiger partial charge in [0.05, 0.1) is 6.04 Å².